The SMILES string of the molecule is COc1ccc(N(N)Cc2ccccc2Br)cc1. The molecule has 0 fully saturated rings. The second-order valence-electron chi connectivity index (χ2n) is 3.92. The highest BCUT2D eigenvalue weighted by Crippen LogP contribution is 2.21. The third-order valence-electron chi connectivity index (χ3n) is 2.70. The van der Waals surface area contributed by atoms with Crippen molar-refractivity contribution in [2.75, 3.05) is 12.1 Å². The Morgan fingerprint density at radius 1 is 1.11 bits per heavy atom. The summed E-state index contributed by atoms with van der Waals surface area (Å²) in [6.45, 7) is 0.647. The Morgan fingerprint density at radius 3 is 2.39 bits per heavy atom. The maximum Gasteiger partial charge on any atom is 0.119 e. The number of nitrogens with two attached hydrogens (primary N) is 1. The number of rotatable bonds is 4. The lowest BCUT2D eigenvalue weighted by Crippen LogP contribution is -2.30. The Morgan fingerprint density at radius 2 is 1.78 bits per heavy atom. The zero-order valence-electron chi connectivity index (χ0n) is 10.1. The molecule has 0 unspecified atom stereocenters. The van der Waals surface area contributed by atoms with Crippen molar-refractivity contribution in [1.29, 1.82) is 0 Å². The summed E-state index contributed by atoms with van der Waals surface area (Å²) in [7, 11) is 1.65. The molecule has 0 spiro atoms. The monoisotopic (exact) mass is 306 g/mol. The number of hydrogen-bond donors (Lipinski definition) is 1. The average molecular weight is 307 g/mol. The molecule has 0 amide bonds. The minimum absolute atomic E-state index is 0.647. The van der Waals surface area contributed by atoms with Crippen LogP contribution in [0.1, 0.15) is 5.56 Å². The topological polar surface area (TPSA) is 38.5 Å². The molecule has 18 heavy (non-hydrogen) atoms. The van der Waals surface area contributed by atoms with Gasteiger partial charge in [-0.2, -0.15) is 0 Å². The lowest BCUT2D eigenvalue weighted by molar-refractivity contribution is 0.415. The zero-order chi connectivity index (χ0) is 13.0. The molecule has 2 aromatic carbocycles. The smallest absolute Gasteiger partial charge is 0.119 e. The number of benzene rings is 2. The van der Waals surface area contributed by atoms with E-state index >= 15 is 0 Å². The van der Waals surface area contributed by atoms with Crippen molar-refractivity contribution in [3.63, 3.8) is 0 Å². The van der Waals surface area contributed by atoms with E-state index in [1.807, 2.05) is 48.5 Å². The summed E-state index contributed by atoms with van der Waals surface area (Å²) in [4.78, 5) is 0. The van der Waals surface area contributed by atoms with Crippen LogP contribution >= 0.6 is 15.9 Å². The molecule has 0 radical (unpaired) electrons. The molecule has 94 valence electrons. The van der Waals surface area contributed by atoms with Crippen molar-refractivity contribution in [2.24, 2.45) is 5.84 Å². The molecular formula is C14H15BrN2O. The Labute approximate surface area is 115 Å². The third kappa shape index (κ3) is 3.03. The van der Waals surface area contributed by atoms with Crippen LogP contribution in [0.25, 0.3) is 0 Å². The second-order valence-corrected chi connectivity index (χ2v) is 4.77. The summed E-state index contributed by atoms with van der Waals surface area (Å²) in [5.41, 5.74) is 2.10. The molecule has 2 aromatic rings. The highest BCUT2D eigenvalue weighted by atomic mass is 79.9. The fourth-order valence-corrected chi connectivity index (χ4v) is 2.09. The molecule has 2 rings (SSSR count). The van der Waals surface area contributed by atoms with E-state index in [-0.39, 0.29) is 0 Å². The van der Waals surface area contributed by atoms with Crippen molar-refractivity contribution in [3.05, 3.63) is 58.6 Å². The summed E-state index contributed by atoms with van der Waals surface area (Å²) in [6, 6.07) is 15.7. The predicted molar refractivity (Wildman–Crippen MR) is 77.5 cm³/mol. The van der Waals surface area contributed by atoms with Crippen LogP contribution in [0.4, 0.5) is 5.69 Å². The highest BCUT2D eigenvalue weighted by Gasteiger charge is 2.05. The van der Waals surface area contributed by atoms with Gasteiger partial charge in [-0.1, -0.05) is 34.1 Å². The van der Waals surface area contributed by atoms with Gasteiger partial charge in [-0.25, -0.2) is 5.84 Å². The largest absolute Gasteiger partial charge is 0.497 e. The molecule has 0 aliphatic heterocycles. The molecule has 0 atom stereocenters. The van der Waals surface area contributed by atoms with Crippen molar-refractivity contribution in [1.82, 2.24) is 0 Å². The first kappa shape index (κ1) is 12.9. The molecule has 2 N–H and O–H groups in total. The van der Waals surface area contributed by atoms with Crippen LogP contribution in [-0.2, 0) is 6.54 Å². The Balaban J connectivity index is 2.11. The van der Waals surface area contributed by atoms with Crippen LogP contribution < -0.4 is 15.6 Å². The van der Waals surface area contributed by atoms with E-state index in [0.29, 0.717) is 6.54 Å². The molecule has 0 saturated heterocycles. The number of anilines is 1. The van der Waals surface area contributed by atoms with Gasteiger partial charge in [0.05, 0.1) is 19.3 Å². The van der Waals surface area contributed by atoms with Crippen LogP contribution in [0.5, 0.6) is 5.75 Å². The molecule has 0 bridgehead atoms. The van der Waals surface area contributed by atoms with Crippen LogP contribution in [0.3, 0.4) is 0 Å². The van der Waals surface area contributed by atoms with E-state index in [9.17, 15) is 0 Å². The van der Waals surface area contributed by atoms with Gasteiger partial charge in [0.15, 0.2) is 0 Å². The first-order chi connectivity index (χ1) is 8.70. The van der Waals surface area contributed by atoms with Gasteiger partial charge in [0.2, 0.25) is 0 Å². The summed E-state index contributed by atoms with van der Waals surface area (Å²) >= 11 is 3.52. The quantitative estimate of drug-likeness (QED) is 0.695. The maximum absolute atomic E-state index is 6.06. The molecule has 0 saturated carbocycles. The molecular weight excluding hydrogens is 292 g/mol. The van der Waals surface area contributed by atoms with Gasteiger partial charge in [-0.3, -0.25) is 0 Å². The predicted octanol–water partition coefficient (Wildman–Crippen LogP) is 3.34. The van der Waals surface area contributed by atoms with Crippen LogP contribution in [0.15, 0.2) is 53.0 Å². The van der Waals surface area contributed by atoms with Crippen LogP contribution in [-0.4, -0.2) is 7.11 Å². The standard InChI is InChI=1S/C14H15BrN2O/c1-18-13-8-6-12(7-9-13)17(16)10-11-4-2-3-5-14(11)15/h2-9H,10,16H2,1H3. The lowest BCUT2D eigenvalue weighted by Gasteiger charge is -2.19. The maximum atomic E-state index is 6.06. The fraction of sp³-hybridized carbons (Fsp3) is 0.143. The minimum atomic E-state index is 0.647. The van der Waals surface area contributed by atoms with Crippen LogP contribution in [0.2, 0.25) is 0 Å². The van der Waals surface area contributed by atoms with Gasteiger partial charge in [-0.05, 0) is 35.9 Å². The third-order valence-corrected chi connectivity index (χ3v) is 3.48. The Hall–Kier alpha value is -1.52. The summed E-state index contributed by atoms with van der Waals surface area (Å²) in [6.07, 6.45) is 0. The summed E-state index contributed by atoms with van der Waals surface area (Å²) in [5.74, 6) is 6.89. The molecule has 4 heteroatoms. The molecule has 0 aromatic heterocycles. The van der Waals surface area contributed by atoms with E-state index < -0.39 is 0 Å². The van der Waals surface area contributed by atoms with Crippen LogP contribution in [0, 0.1) is 0 Å². The minimum Gasteiger partial charge on any atom is -0.497 e. The number of halogens is 1. The summed E-state index contributed by atoms with van der Waals surface area (Å²) in [5, 5.41) is 1.71. The Bertz CT molecular complexity index is 513. The van der Waals surface area contributed by atoms with Gasteiger partial charge in [0.1, 0.15) is 5.75 Å². The number of hydrazine groups is 1. The van der Waals surface area contributed by atoms with Gasteiger partial charge in [0, 0.05) is 4.47 Å². The fourth-order valence-electron chi connectivity index (χ4n) is 1.68. The molecule has 0 aliphatic carbocycles. The van der Waals surface area contributed by atoms with E-state index in [1.54, 1.807) is 12.1 Å². The molecule has 0 aliphatic rings. The van der Waals surface area contributed by atoms with Crippen molar-refractivity contribution in [3.8, 4) is 5.75 Å². The first-order valence-electron chi connectivity index (χ1n) is 5.60. The van der Waals surface area contributed by atoms with Gasteiger partial charge >= 0.3 is 0 Å². The number of nitrogens with zero attached hydrogens (tertiary/aromatic N) is 1. The zero-order valence-corrected chi connectivity index (χ0v) is 11.7. The van der Waals surface area contributed by atoms with E-state index in [4.69, 9.17) is 10.6 Å². The number of hydrogen-bond acceptors (Lipinski definition) is 3. The Kier molecular flexibility index (Phi) is 4.23. The van der Waals surface area contributed by atoms with Gasteiger partial charge in [0.25, 0.3) is 0 Å². The van der Waals surface area contributed by atoms with Gasteiger partial charge < -0.3 is 9.75 Å². The van der Waals surface area contributed by atoms with Crippen molar-refractivity contribution in [2.45, 2.75) is 6.54 Å². The number of methoxy groups -OCH3 is 1. The van der Waals surface area contributed by atoms with Gasteiger partial charge in [-0.15, -0.1) is 0 Å². The molecule has 0 heterocycles. The van der Waals surface area contributed by atoms with E-state index in [0.717, 1.165) is 21.5 Å². The second kappa shape index (κ2) is 5.89. The molecule has 3 nitrogen and oxygen atoms in total. The highest BCUT2D eigenvalue weighted by molar-refractivity contribution is 9.10. The summed E-state index contributed by atoms with van der Waals surface area (Å²) < 4.78 is 6.18. The lowest BCUT2D eigenvalue weighted by atomic mass is 10.2. The van der Waals surface area contributed by atoms with Crippen molar-refractivity contribution < 1.29 is 4.74 Å². The first-order valence-corrected chi connectivity index (χ1v) is 6.39. The van der Waals surface area contributed by atoms with Crippen molar-refractivity contribution >= 4 is 21.6 Å². The van der Waals surface area contributed by atoms with E-state index in [1.165, 1.54) is 0 Å². The van der Waals surface area contributed by atoms with E-state index in [2.05, 4.69) is 15.9 Å². The normalized spacial score (nSPS) is 10.2. The average Bonchev–Trinajstić information content (AvgIpc) is 2.41. The number of ether oxygens (including phenoxy) is 1.